The summed E-state index contributed by atoms with van der Waals surface area (Å²) in [5.74, 6) is 1.40. The zero-order valence-electron chi connectivity index (χ0n) is 17.6. The third-order valence-electron chi connectivity index (χ3n) is 5.81. The topological polar surface area (TPSA) is 59.0 Å². The molecule has 4 rings (SSSR count). The van der Waals surface area contributed by atoms with Crippen LogP contribution in [0.25, 0.3) is 0 Å². The van der Waals surface area contributed by atoms with Crippen molar-refractivity contribution in [3.8, 4) is 17.2 Å². The van der Waals surface area contributed by atoms with Gasteiger partial charge in [0.25, 0.3) is 0 Å². The van der Waals surface area contributed by atoms with Crippen LogP contribution in [0.15, 0.2) is 78.9 Å². The van der Waals surface area contributed by atoms with Crippen molar-refractivity contribution in [3.05, 3.63) is 90.0 Å². The number of carboxylic acid groups (broad SMARTS) is 1. The number of para-hydroxylation sites is 1. The van der Waals surface area contributed by atoms with E-state index in [9.17, 15) is 9.90 Å². The monoisotopic (exact) mass is 417 g/mol. The summed E-state index contributed by atoms with van der Waals surface area (Å²) in [6, 6.07) is 25.9. The number of rotatable bonds is 7. The normalized spacial score (nSPS) is 15.9. The van der Waals surface area contributed by atoms with E-state index in [0.29, 0.717) is 12.8 Å². The van der Waals surface area contributed by atoms with Crippen molar-refractivity contribution in [2.45, 2.75) is 18.9 Å². The summed E-state index contributed by atoms with van der Waals surface area (Å²) in [5.41, 5.74) is 2.22. The van der Waals surface area contributed by atoms with Crippen molar-refractivity contribution in [1.29, 1.82) is 0 Å². The van der Waals surface area contributed by atoms with Crippen LogP contribution in [0.4, 0.5) is 0 Å². The van der Waals surface area contributed by atoms with Gasteiger partial charge in [0.15, 0.2) is 0 Å². The number of carboxylic acids is 1. The highest BCUT2D eigenvalue weighted by atomic mass is 16.5. The van der Waals surface area contributed by atoms with Crippen molar-refractivity contribution >= 4 is 5.97 Å². The lowest BCUT2D eigenvalue weighted by Gasteiger charge is -2.37. The average Bonchev–Trinajstić information content (AvgIpc) is 2.81. The van der Waals surface area contributed by atoms with Crippen molar-refractivity contribution in [2.24, 2.45) is 5.92 Å². The van der Waals surface area contributed by atoms with E-state index in [1.807, 2.05) is 54.6 Å². The molecule has 160 valence electrons. The minimum absolute atomic E-state index is 0.0100. The van der Waals surface area contributed by atoms with Crippen molar-refractivity contribution in [1.82, 2.24) is 4.90 Å². The highest BCUT2D eigenvalue weighted by Gasteiger charge is 2.30. The number of carbonyl (C=O) groups is 1. The van der Waals surface area contributed by atoms with Gasteiger partial charge in [-0.25, -0.2) is 0 Å². The zero-order valence-corrected chi connectivity index (χ0v) is 17.6. The van der Waals surface area contributed by atoms with E-state index in [0.717, 1.165) is 41.5 Å². The Morgan fingerprint density at radius 3 is 2.06 bits per heavy atom. The minimum Gasteiger partial charge on any atom is -0.497 e. The highest BCUT2D eigenvalue weighted by molar-refractivity contribution is 5.70. The quantitative estimate of drug-likeness (QED) is 0.560. The molecule has 5 nitrogen and oxygen atoms in total. The molecule has 1 atom stereocenters. The predicted octanol–water partition coefficient (Wildman–Crippen LogP) is 5.37. The van der Waals surface area contributed by atoms with Crippen LogP contribution in [0.5, 0.6) is 17.2 Å². The molecule has 0 aromatic heterocycles. The maximum absolute atomic E-state index is 11.4. The number of likely N-dealkylation sites (tertiary alicyclic amines) is 1. The van der Waals surface area contributed by atoms with Gasteiger partial charge >= 0.3 is 5.97 Å². The summed E-state index contributed by atoms with van der Waals surface area (Å²) in [4.78, 5) is 13.8. The fourth-order valence-corrected chi connectivity index (χ4v) is 4.20. The Bertz CT molecular complexity index is 1010. The first-order valence-electron chi connectivity index (χ1n) is 10.6. The van der Waals surface area contributed by atoms with Crippen molar-refractivity contribution < 1.29 is 19.4 Å². The number of nitrogens with zero attached hydrogens (tertiary/aromatic N) is 1. The third kappa shape index (κ3) is 5.06. The summed E-state index contributed by atoms with van der Waals surface area (Å²) in [6.07, 6.45) is 1.30. The minimum atomic E-state index is -0.698. The molecule has 1 heterocycles. The lowest BCUT2D eigenvalue weighted by Crippen LogP contribution is -2.39. The standard InChI is InChI=1S/C26H27NO4/c1-30-23-11-5-7-20(17-23)25(27-15-13-19(14-16-27)26(28)29)21-8-6-12-24(18-21)31-22-9-3-2-4-10-22/h2-12,17-19,25H,13-16H2,1H3,(H,28,29). The fraction of sp³-hybridized carbons (Fsp3) is 0.269. The number of hydrogen-bond acceptors (Lipinski definition) is 4. The third-order valence-corrected chi connectivity index (χ3v) is 5.81. The second kappa shape index (κ2) is 9.67. The van der Waals surface area contributed by atoms with Crippen molar-refractivity contribution in [2.75, 3.05) is 20.2 Å². The summed E-state index contributed by atoms with van der Waals surface area (Å²) in [5, 5.41) is 9.39. The van der Waals surface area contributed by atoms with Gasteiger partial charge in [-0.2, -0.15) is 0 Å². The number of hydrogen-bond donors (Lipinski definition) is 1. The van der Waals surface area contributed by atoms with E-state index >= 15 is 0 Å². The smallest absolute Gasteiger partial charge is 0.306 e. The van der Waals surface area contributed by atoms with E-state index in [1.54, 1.807) is 7.11 Å². The molecular formula is C26H27NO4. The molecule has 3 aromatic carbocycles. The molecule has 0 spiro atoms. The lowest BCUT2D eigenvalue weighted by atomic mass is 9.91. The zero-order chi connectivity index (χ0) is 21.6. The average molecular weight is 418 g/mol. The van der Waals surface area contributed by atoms with Gasteiger partial charge < -0.3 is 14.6 Å². The fourth-order valence-electron chi connectivity index (χ4n) is 4.20. The van der Waals surface area contributed by atoms with E-state index in [-0.39, 0.29) is 12.0 Å². The van der Waals surface area contributed by atoms with Gasteiger partial charge in [-0.3, -0.25) is 9.69 Å². The molecule has 31 heavy (non-hydrogen) atoms. The molecule has 1 saturated heterocycles. The summed E-state index contributed by atoms with van der Waals surface area (Å²) < 4.78 is 11.5. The van der Waals surface area contributed by atoms with Gasteiger partial charge in [0.1, 0.15) is 17.2 Å². The second-order valence-electron chi connectivity index (χ2n) is 7.82. The maximum Gasteiger partial charge on any atom is 0.306 e. The first kappa shape index (κ1) is 20.9. The van der Waals surface area contributed by atoms with E-state index in [4.69, 9.17) is 9.47 Å². The van der Waals surface area contributed by atoms with Crippen LogP contribution in [0.1, 0.15) is 30.0 Å². The summed E-state index contributed by atoms with van der Waals surface area (Å²) in [7, 11) is 1.67. The number of ether oxygens (including phenoxy) is 2. The summed E-state index contributed by atoms with van der Waals surface area (Å²) in [6.45, 7) is 1.45. The highest BCUT2D eigenvalue weighted by Crippen LogP contribution is 2.36. The second-order valence-corrected chi connectivity index (χ2v) is 7.82. The number of benzene rings is 3. The van der Waals surface area contributed by atoms with E-state index in [1.165, 1.54) is 0 Å². The van der Waals surface area contributed by atoms with Gasteiger partial charge in [-0.15, -0.1) is 0 Å². The van der Waals surface area contributed by atoms with Crippen LogP contribution in [-0.2, 0) is 4.79 Å². The Morgan fingerprint density at radius 2 is 1.45 bits per heavy atom. The molecule has 1 unspecified atom stereocenters. The van der Waals surface area contributed by atoms with Gasteiger partial charge in [-0.05, 0) is 73.5 Å². The Kier molecular flexibility index (Phi) is 6.53. The Labute approximate surface area is 182 Å². The Balaban J connectivity index is 1.66. The van der Waals surface area contributed by atoms with Crippen LogP contribution < -0.4 is 9.47 Å². The molecule has 0 amide bonds. The van der Waals surface area contributed by atoms with Gasteiger partial charge in [0.05, 0.1) is 19.1 Å². The Morgan fingerprint density at radius 1 is 0.871 bits per heavy atom. The molecule has 1 aliphatic rings. The van der Waals surface area contributed by atoms with E-state index < -0.39 is 5.97 Å². The van der Waals surface area contributed by atoms with Gasteiger partial charge in [-0.1, -0.05) is 42.5 Å². The van der Waals surface area contributed by atoms with E-state index in [2.05, 4.69) is 29.2 Å². The molecule has 0 bridgehead atoms. The molecule has 1 fully saturated rings. The predicted molar refractivity (Wildman–Crippen MR) is 120 cm³/mol. The summed E-state index contributed by atoms with van der Waals surface area (Å²) >= 11 is 0. The van der Waals surface area contributed by atoms with Crippen LogP contribution in [0.2, 0.25) is 0 Å². The lowest BCUT2D eigenvalue weighted by molar-refractivity contribution is -0.143. The van der Waals surface area contributed by atoms with Crippen LogP contribution in [0.3, 0.4) is 0 Å². The maximum atomic E-state index is 11.4. The molecule has 1 N–H and O–H groups in total. The first-order valence-corrected chi connectivity index (χ1v) is 10.6. The van der Waals surface area contributed by atoms with Gasteiger partial charge in [0, 0.05) is 0 Å². The molecule has 0 radical (unpaired) electrons. The van der Waals surface area contributed by atoms with Crippen LogP contribution in [-0.4, -0.2) is 36.2 Å². The first-order chi connectivity index (χ1) is 15.1. The molecule has 5 heteroatoms. The van der Waals surface area contributed by atoms with Gasteiger partial charge in [0.2, 0.25) is 0 Å². The van der Waals surface area contributed by atoms with Crippen molar-refractivity contribution in [3.63, 3.8) is 0 Å². The number of piperidine rings is 1. The molecule has 0 aliphatic carbocycles. The SMILES string of the molecule is COc1cccc(C(c2cccc(Oc3ccccc3)c2)N2CCC(C(=O)O)CC2)c1. The molecule has 1 aliphatic heterocycles. The van der Waals surface area contributed by atoms with Crippen LogP contribution >= 0.6 is 0 Å². The number of methoxy groups -OCH3 is 1. The van der Waals surface area contributed by atoms with Crippen LogP contribution in [0, 0.1) is 5.92 Å². The number of aliphatic carboxylic acids is 1. The molecular weight excluding hydrogens is 390 g/mol. The largest absolute Gasteiger partial charge is 0.497 e. The Hall–Kier alpha value is -3.31. The molecule has 3 aromatic rings. The molecule has 0 saturated carbocycles.